The van der Waals surface area contributed by atoms with Gasteiger partial charge in [-0.15, -0.1) is 6.42 Å². The van der Waals surface area contributed by atoms with E-state index in [-0.39, 0.29) is 28.9 Å². The van der Waals surface area contributed by atoms with E-state index < -0.39 is 47.0 Å². The van der Waals surface area contributed by atoms with Gasteiger partial charge in [0, 0.05) is 12.7 Å². The van der Waals surface area contributed by atoms with Crippen molar-refractivity contribution in [1.82, 2.24) is 5.01 Å². The SMILES string of the molecule is C#CC1=C(C)N(C)N(c2cc(C(F)(F)F)cc(C(F)(F)F)c2)C1C(F)(F)F. The first kappa shape index (κ1) is 20.8. The first-order valence-electron chi connectivity index (χ1n) is 7.15. The molecule has 0 saturated heterocycles. The Kier molecular flexibility index (Phi) is 4.84. The number of hydrazine groups is 1. The zero-order valence-corrected chi connectivity index (χ0v) is 13.7. The summed E-state index contributed by atoms with van der Waals surface area (Å²) < 4.78 is 119. The van der Waals surface area contributed by atoms with Gasteiger partial charge in [-0.25, -0.2) is 0 Å². The standard InChI is InChI=1S/C16H11F9N2/c1-4-12-8(2)26(3)27(13(12)16(23,24)25)11-6-9(14(17,18)19)5-10(7-11)15(20,21)22/h1,5-7,13H,2-3H3. The fourth-order valence-corrected chi connectivity index (χ4v) is 2.71. The van der Waals surface area contributed by atoms with Crippen molar-refractivity contribution in [3.05, 3.63) is 40.6 Å². The molecule has 1 atom stereocenters. The van der Waals surface area contributed by atoms with Crippen molar-refractivity contribution in [2.24, 2.45) is 0 Å². The second-order valence-corrected chi connectivity index (χ2v) is 5.72. The molecule has 11 heteroatoms. The molecule has 1 aliphatic heterocycles. The molecular formula is C16H11F9N2. The second-order valence-electron chi connectivity index (χ2n) is 5.72. The van der Waals surface area contributed by atoms with E-state index in [9.17, 15) is 39.5 Å². The molecule has 148 valence electrons. The average molecular weight is 402 g/mol. The van der Waals surface area contributed by atoms with Crippen LogP contribution >= 0.6 is 0 Å². The lowest BCUT2D eigenvalue weighted by atomic mass is 10.0. The van der Waals surface area contributed by atoms with Gasteiger partial charge < -0.3 is 0 Å². The normalized spacial score (nSPS) is 19.0. The summed E-state index contributed by atoms with van der Waals surface area (Å²) in [5, 5.41) is 1.05. The quantitative estimate of drug-likeness (QED) is 0.469. The number of alkyl halides is 9. The summed E-state index contributed by atoms with van der Waals surface area (Å²) in [6.45, 7) is 1.19. The highest BCUT2D eigenvalue weighted by Gasteiger charge is 2.52. The fourth-order valence-electron chi connectivity index (χ4n) is 2.71. The van der Waals surface area contributed by atoms with E-state index in [1.54, 1.807) is 0 Å². The average Bonchev–Trinajstić information content (AvgIpc) is 2.76. The number of anilines is 1. The van der Waals surface area contributed by atoms with Gasteiger partial charge in [0.25, 0.3) is 0 Å². The van der Waals surface area contributed by atoms with E-state index in [4.69, 9.17) is 6.42 Å². The summed E-state index contributed by atoms with van der Waals surface area (Å²) in [4.78, 5) is 0. The lowest BCUT2D eigenvalue weighted by molar-refractivity contribution is -0.143. The molecule has 1 aromatic carbocycles. The third kappa shape index (κ3) is 3.79. The van der Waals surface area contributed by atoms with Crippen LogP contribution in [0.1, 0.15) is 18.1 Å². The fraction of sp³-hybridized carbons (Fsp3) is 0.375. The molecule has 2 rings (SSSR count). The summed E-state index contributed by atoms with van der Waals surface area (Å²) in [6, 6.07) is -2.31. The summed E-state index contributed by atoms with van der Waals surface area (Å²) in [6.07, 6.45) is -10.3. The van der Waals surface area contributed by atoms with Gasteiger partial charge in [0.1, 0.15) is 0 Å². The Hall–Kier alpha value is -2.51. The molecule has 2 nitrogen and oxygen atoms in total. The van der Waals surface area contributed by atoms with Crippen LogP contribution in [-0.2, 0) is 12.4 Å². The lowest BCUT2D eigenvalue weighted by Crippen LogP contribution is -2.48. The number of hydrogen-bond donors (Lipinski definition) is 0. The smallest absolute Gasteiger partial charge is 0.291 e. The number of halogens is 9. The second kappa shape index (κ2) is 6.28. The number of hydrogen-bond acceptors (Lipinski definition) is 2. The van der Waals surface area contributed by atoms with Crippen molar-refractivity contribution >= 4 is 5.69 Å². The number of terminal acetylenes is 1. The highest BCUT2D eigenvalue weighted by Crippen LogP contribution is 2.44. The molecule has 0 amide bonds. The van der Waals surface area contributed by atoms with Gasteiger partial charge in [0.2, 0.25) is 0 Å². The first-order chi connectivity index (χ1) is 12.1. The molecule has 0 saturated carbocycles. The van der Waals surface area contributed by atoms with Gasteiger partial charge in [-0.2, -0.15) is 39.5 Å². The molecule has 0 fully saturated rings. The minimum absolute atomic E-state index is 0.120. The van der Waals surface area contributed by atoms with Gasteiger partial charge in [-0.1, -0.05) is 5.92 Å². The van der Waals surface area contributed by atoms with Gasteiger partial charge >= 0.3 is 18.5 Å². The molecule has 0 aliphatic carbocycles. The maximum atomic E-state index is 13.5. The van der Waals surface area contributed by atoms with Crippen molar-refractivity contribution in [2.45, 2.75) is 31.5 Å². The number of rotatable bonds is 1. The van der Waals surface area contributed by atoms with E-state index in [1.807, 2.05) is 5.92 Å². The van der Waals surface area contributed by atoms with Crippen LogP contribution in [0.15, 0.2) is 29.5 Å². The third-order valence-corrected chi connectivity index (χ3v) is 4.02. The first-order valence-corrected chi connectivity index (χ1v) is 7.15. The van der Waals surface area contributed by atoms with Gasteiger partial charge in [-0.3, -0.25) is 10.0 Å². The maximum Gasteiger partial charge on any atom is 0.416 e. The van der Waals surface area contributed by atoms with E-state index in [0.29, 0.717) is 0 Å². The molecule has 0 N–H and O–H groups in total. The molecular weight excluding hydrogens is 391 g/mol. The minimum Gasteiger partial charge on any atom is -0.291 e. The number of nitrogens with zero attached hydrogens (tertiary/aromatic N) is 2. The van der Waals surface area contributed by atoms with Crippen LogP contribution in [0.2, 0.25) is 0 Å². The minimum atomic E-state index is -5.19. The van der Waals surface area contributed by atoms with Crippen LogP contribution in [0.25, 0.3) is 0 Å². The monoisotopic (exact) mass is 402 g/mol. The Labute approximate surface area is 147 Å². The van der Waals surface area contributed by atoms with Crippen LogP contribution in [0.4, 0.5) is 45.2 Å². The van der Waals surface area contributed by atoms with Crippen molar-refractivity contribution in [2.75, 3.05) is 12.1 Å². The molecule has 1 heterocycles. The van der Waals surface area contributed by atoms with Crippen molar-refractivity contribution in [3.63, 3.8) is 0 Å². The molecule has 0 aromatic heterocycles. The predicted molar refractivity (Wildman–Crippen MR) is 78.1 cm³/mol. The molecule has 1 unspecified atom stereocenters. The Morgan fingerprint density at radius 2 is 1.33 bits per heavy atom. The lowest BCUT2D eigenvalue weighted by Gasteiger charge is -2.35. The van der Waals surface area contributed by atoms with Crippen LogP contribution in [0, 0.1) is 12.3 Å². The molecule has 1 aromatic rings. The molecule has 1 aliphatic rings. The van der Waals surface area contributed by atoms with Crippen LogP contribution in [0.5, 0.6) is 0 Å². The highest BCUT2D eigenvalue weighted by atomic mass is 19.4. The topological polar surface area (TPSA) is 6.48 Å². The molecule has 0 radical (unpaired) electrons. The summed E-state index contributed by atoms with van der Waals surface area (Å²) in [7, 11) is 1.06. The largest absolute Gasteiger partial charge is 0.416 e. The Morgan fingerprint density at radius 1 is 0.889 bits per heavy atom. The Morgan fingerprint density at radius 3 is 1.67 bits per heavy atom. The zero-order valence-electron chi connectivity index (χ0n) is 13.7. The summed E-state index contributed by atoms with van der Waals surface area (Å²) in [5.41, 5.74) is -5.12. The maximum absolute atomic E-state index is 13.5. The zero-order chi connectivity index (χ0) is 20.9. The van der Waals surface area contributed by atoms with Gasteiger partial charge in [0.05, 0.1) is 22.4 Å². The Balaban J connectivity index is 2.74. The van der Waals surface area contributed by atoms with E-state index in [1.165, 1.54) is 6.92 Å². The van der Waals surface area contributed by atoms with Crippen molar-refractivity contribution in [3.8, 4) is 12.3 Å². The van der Waals surface area contributed by atoms with E-state index in [2.05, 4.69) is 0 Å². The predicted octanol–water partition coefficient (Wildman–Crippen LogP) is 5.23. The van der Waals surface area contributed by atoms with E-state index in [0.717, 1.165) is 12.1 Å². The van der Waals surface area contributed by atoms with Crippen LogP contribution in [0.3, 0.4) is 0 Å². The number of benzene rings is 1. The molecule has 0 bridgehead atoms. The van der Waals surface area contributed by atoms with Gasteiger partial charge in [-0.05, 0) is 25.1 Å². The molecule has 0 spiro atoms. The van der Waals surface area contributed by atoms with Crippen LogP contribution < -0.4 is 5.01 Å². The highest BCUT2D eigenvalue weighted by molar-refractivity contribution is 5.59. The summed E-state index contributed by atoms with van der Waals surface area (Å²) in [5.74, 6) is 1.82. The van der Waals surface area contributed by atoms with Crippen LogP contribution in [-0.4, -0.2) is 24.3 Å². The third-order valence-electron chi connectivity index (χ3n) is 4.02. The van der Waals surface area contributed by atoms with Crippen molar-refractivity contribution in [1.29, 1.82) is 0 Å². The molecule has 27 heavy (non-hydrogen) atoms. The van der Waals surface area contributed by atoms with Crippen molar-refractivity contribution < 1.29 is 39.5 Å². The Bertz CT molecular complexity index is 777. The van der Waals surface area contributed by atoms with Gasteiger partial charge in [0.15, 0.2) is 6.04 Å². The summed E-state index contributed by atoms with van der Waals surface area (Å²) >= 11 is 0. The number of allylic oxidation sites excluding steroid dienone is 1. The van der Waals surface area contributed by atoms with E-state index >= 15 is 0 Å².